The van der Waals surface area contributed by atoms with Crippen LogP contribution in [0.4, 0.5) is 0 Å². The number of rotatable bonds is 5. The van der Waals surface area contributed by atoms with E-state index in [1.807, 2.05) is 13.8 Å². The van der Waals surface area contributed by atoms with Gasteiger partial charge in [-0.15, -0.1) is 0 Å². The van der Waals surface area contributed by atoms with E-state index in [0.29, 0.717) is 23.2 Å². The lowest BCUT2D eigenvalue weighted by molar-refractivity contribution is -0.148. The van der Waals surface area contributed by atoms with Crippen LogP contribution in [0.5, 0.6) is 0 Å². The van der Waals surface area contributed by atoms with Crippen molar-refractivity contribution in [3.05, 3.63) is 0 Å². The highest BCUT2D eigenvalue weighted by molar-refractivity contribution is 5.69. The van der Waals surface area contributed by atoms with Gasteiger partial charge in [0.05, 0.1) is 6.10 Å². The maximum absolute atomic E-state index is 12.1. The molecule has 0 amide bonds. The fourth-order valence-electron chi connectivity index (χ4n) is 9.14. The van der Waals surface area contributed by atoms with E-state index < -0.39 is 0 Å². The van der Waals surface area contributed by atoms with Crippen molar-refractivity contribution < 1.29 is 9.53 Å². The molecule has 0 radical (unpaired) electrons. The molecule has 8 atom stereocenters. The molecule has 4 saturated carbocycles. The third kappa shape index (κ3) is 3.80. The standard InChI is InChI=1S/C27H46O2/c1-18(2)29-25(28)14-9-19(3)22-12-13-23-21-11-10-20-8-6-7-16-26(20,4)24(21)15-17-27(22,23)5/h18-24H,6-17H2,1-5H3/t19-,20?,21+,22-,23+,24+,26+,27-/m1/s1. The van der Waals surface area contributed by atoms with Gasteiger partial charge in [-0.3, -0.25) is 4.79 Å². The summed E-state index contributed by atoms with van der Waals surface area (Å²) >= 11 is 0. The first-order chi connectivity index (χ1) is 13.8. The number of hydrogen-bond acceptors (Lipinski definition) is 2. The molecule has 4 aliphatic carbocycles. The first kappa shape index (κ1) is 21.7. The van der Waals surface area contributed by atoms with Crippen LogP contribution in [0.3, 0.4) is 0 Å². The largest absolute Gasteiger partial charge is 0.463 e. The van der Waals surface area contributed by atoms with E-state index in [4.69, 9.17) is 4.74 Å². The van der Waals surface area contributed by atoms with Gasteiger partial charge in [-0.25, -0.2) is 0 Å². The summed E-state index contributed by atoms with van der Waals surface area (Å²) in [6.07, 6.45) is 16.4. The second-order valence-electron chi connectivity index (χ2n) is 12.2. The molecule has 2 nitrogen and oxygen atoms in total. The highest BCUT2D eigenvalue weighted by atomic mass is 16.5. The van der Waals surface area contributed by atoms with Crippen LogP contribution in [0.1, 0.15) is 112 Å². The molecule has 4 rings (SSSR count). The molecular weight excluding hydrogens is 356 g/mol. The highest BCUT2D eigenvalue weighted by Gasteiger charge is 2.60. The Morgan fingerprint density at radius 3 is 2.41 bits per heavy atom. The number of carbonyl (C=O) groups excluding carboxylic acids is 1. The van der Waals surface area contributed by atoms with Crippen molar-refractivity contribution in [3.63, 3.8) is 0 Å². The summed E-state index contributed by atoms with van der Waals surface area (Å²) in [5, 5.41) is 0. The average Bonchev–Trinajstić information content (AvgIpc) is 3.02. The van der Waals surface area contributed by atoms with Gasteiger partial charge in [0.15, 0.2) is 0 Å². The van der Waals surface area contributed by atoms with Crippen LogP contribution in [0.25, 0.3) is 0 Å². The van der Waals surface area contributed by atoms with Gasteiger partial charge in [0, 0.05) is 6.42 Å². The van der Waals surface area contributed by atoms with E-state index in [9.17, 15) is 4.79 Å². The minimum atomic E-state index is -0.00111. The second kappa shape index (κ2) is 8.19. The Hall–Kier alpha value is -0.530. The van der Waals surface area contributed by atoms with E-state index in [1.54, 1.807) is 0 Å². The lowest BCUT2D eigenvalue weighted by Gasteiger charge is -2.61. The second-order valence-corrected chi connectivity index (χ2v) is 12.2. The molecule has 0 saturated heterocycles. The molecule has 0 bridgehead atoms. The van der Waals surface area contributed by atoms with Crippen LogP contribution in [0, 0.1) is 46.3 Å². The number of carbonyl (C=O) groups is 1. The molecule has 0 spiro atoms. The molecule has 166 valence electrons. The lowest BCUT2D eigenvalue weighted by Crippen LogP contribution is -2.53. The monoisotopic (exact) mass is 402 g/mol. The van der Waals surface area contributed by atoms with Crippen LogP contribution in [-0.4, -0.2) is 12.1 Å². The maximum atomic E-state index is 12.1. The van der Waals surface area contributed by atoms with Crippen LogP contribution in [0.15, 0.2) is 0 Å². The summed E-state index contributed by atoms with van der Waals surface area (Å²) in [5.41, 5.74) is 1.16. The third-order valence-corrected chi connectivity index (χ3v) is 10.5. The summed E-state index contributed by atoms with van der Waals surface area (Å²) in [5.74, 6) is 5.38. The van der Waals surface area contributed by atoms with Gasteiger partial charge in [0.1, 0.15) is 0 Å². The molecule has 4 aliphatic rings. The van der Waals surface area contributed by atoms with Crippen LogP contribution >= 0.6 is 0 Å². The number of fused-ring (bicyclic) bond motifs is 5. The molecule has 0 N–H and O–H groups in total. The zero-order chi connectivity index (χ0) is 20.8. The maximum Gasteiger partial charge on any atom is 0.306 e. The molecule has 0 aliphatic heterocycles. The summed E-state index contributed by atoms with van der Waals surface area (Å²) in [6.45, 7) is 11.6. The Morgan fingerprint density at radius 2 is 1.66 bits per heavy atom. The van der Waals surface area contributed by atoms with E-state index >= 15 is 0 Å². The SMILES string of the molecule is CC(C)OC(=O)CC[C@@H](C)[C@H]1CC[C@H]2[C@@H]3CCC4CCCC[C@]4(C)[C@H]3CC[C@]12C. The first-order valence-electron chi connectivity index (χ1n) is 12.9. The topological polar surface area (TPSA) is 26.3 Å². The Labute approximate surface area is 179 Å². The van der Waals surface area contributed by atoms with Gasteiger partial charge in [0.25, 0.3) is 0 Å². The van der Waals surface area contributed by atoms with Crippen molar-refractivity contribution in [3.8, 4) is 0 Å². The normalized spacial score (nSPS) is 45.2. The van der Waals surface area contributed by atoms with E-state index in [1.165, 1.54) is 64.2 Å². The van der Waals surface area contributed by atoms with Gasteiger partial charge in [-0.1, -0.05) is 33.6 Å². The number of esters is 1. The minimum absolute atomic E-state index is 0.00111. The van der Waals surface area contributed by atoms with Crippen LogP contribution < -0.4 is 0 Å². The fourth-order valence-corrected chi connectivity index (χ4v) is 9.14. The van der Waals surface area contributed by atoms with Crippen molar-refractivity contribution in [2.24, 2.45) is 46.3 Å². The van der Waals surface area contributed by atoms with Crippen molar-refractivity contribution in [2.45, 2.75) is 118 Å². The summed E-state index contributed by atoms with van der Waals surface area (Å²) in [6, 6.07) is 0. The van der Waals surface area contributed by atoms with Gasteiger partial charge in [-0.05, 0) is 118 Å². The highest BCUT2D eigenvalue weighted by Crippen LogP contribution is 2.68. The zero-order valence-corrected chi connectivity index (χ0v) is 19.8. The third-order valence-electron chi connectivity index (χ3n) is 10.5. The predicted molar refractivity (Wildman–Crippen MR) is 119 cm³/mol. The van der Waals surface area contributed by atoms with Gasteiger partial charge < -0.3 is 4.74 Å². The summed E-state index contributed by atoms with van der Waals surface area (Å²) < 4.78 is 5.39. The minimum Gasteiger partial charge on any atom is -0.463 e. The lowest BCUT2D eigenvalue weighted by atomic mass is 9.44. The first-order valence-corrected chi connectivity index (χ1v) is 12.9. The van der Waals surface area contributed by atoms with Crippen LogP contribution in [-0.2, 0) is 9.53 Å². The van der Waals surface area contributed by atoms with E-state index in [0.717, 1.165) is 36.0 Å². The Bertz CT molecular complexity index is 597. The molecule has 0 aromatic carbocycles. The quantitative estimate of drug-likeness (QED) is 0.448. The molecular formula is C27H46O2. The van der Waals surface area contributed by atoms with Crippen LogP contribution in [0.2, 0.25) is 0 Å². The Balaban J connectivity index is 1.43. The molecule has 0 heterocycles. The number of hydrogen-bond donors (Lipinski definition) is 0. The zero-order valence-electron chi connectivity index (χ0n) is 19.8. The van der Waals surface area contributed by atoms with E-state index in [2.05, 4.69) is 20.8 Å². The molecule has 0 aromatic heterocycles. The van der Waals surface area contributed by atoms with Crippen molar-refractivity contribution in [1.82, 2.24) is 0 Å². The van der Waals surface area contributed by atoms with Crippen molar-refractivity contribution >= 4 is 5.97 Å². The Kier molecular flexibility index (Phi) is 6.13. The smallest absolute Gasteiger partial charge is 0.306 e. The van der Waals surface area contributed by atoms with Gasteiger partial charge >= 0.3 is 5.97 Å². The van der Waals surface area contributed by atoms with E-state index in [-0.39, 0.29) is 12.1 Å². The molecule has 1 unspecified atom stereocenters. The van der Waals surface area contributed by atoms with Gasteiger partial charge in [-0.2, -0.15) is 0 Å². The Morgan fingerprint density at radius 1 is 0.897 bits per heavy atom. The summed E-state index contributed by atoms with van der Waals surface area (Å²) in [7, 11) is 0. The van der Waals surface area contributed by atoms with Gasteiger partial charge in [0.2, 0.25) is 0 Å². The van der Waals surface area contributed by atoms with Crippen molar-refractivity contribution in [2.75, 3.05) is 0 Å². The fraction of sp³-hybridized carbons (Fsp3) is 0.963. The average molecular weight is 403 g/mol. The molecule has 0 aromatic rings. The molecule has 4 fully saturated rings. The predicted octanol–water partition coefficient (Wildman–Crippen LogP) is 7.40. The molecule has 29 heavy (non-hydrogen) atoms. The molecule has 2 heteroatoms. The summed E-state index contributed by atoms with van der Waals surface area (Å²) in [4.78, 5) is 12.1. The number of ether oxygens (including phenoxy) is 1. The van der Waals surface area contributed by atoms with Crippen molar-refractivity contribution in [1.29, 1.82) is 0 Å².